The van der Waals surface area contributed by atoms with E-state index in [0.717, 1.165) is 13.2 Å². The summed E-state index contributed by atoms with van der Waals surface area (Å²) in [7, 11) is 0.941. The fraction of sp³-hybridized carbons (Fsp3) is 1.00. The van der Waals surface area contributed by atoms with Gasteiger partial charge in [-0.3, -0.25) is 0 Å². The van der Waals surface area contributed by atoms with Crippen LogP contribution in [0.25, 0.3) is 0 Å². The Morgan fingerprint density at radius 1 is 1.27 bits per heavy atom. The van der Waals surface area contributed by atoms with Crippen molar-refractivity contribution >= 4 is 8.32 Å². The first-order valence-corrected chi connectivity index (χ1v) is 7.54. The highest BCUT2D eigenvalue weighted by Crippen LogP contribution is 2.15. The molecular formula is C8H19NOSi. The maximum Gasteiger partial charge on any atom is 0.186 e. The minimum Gasteiger partial charge on any atom is -0.416 e. The minimum absolute atomic E-state index is 0.940. The molecule has 1 heterocycles. The van der Waals surface area contributed by atoms with Crippen LogP contribution in [-0.2, 0) is 4.43 Å². The van der Waals surface area contributed by atoms with Crippen LogP contribution in [0, 0.1) is 0 Å². The zero-order valence-electron chi connectivity index (χ0n) is 7.89. The molecule has 1 rings (SSSR count). The van der Waals surface area contributed by atoms with E-state index in [2.05, 4.69) is 25.0 Å². The Kier molecular flexibility index (Phi) is 3.10. The molecule has 2 nitrogen and oxygen atoms in total. The number of hydrogen-bond donors (Lipinski definition) is 0. The molecular weight excluding hydrogens is 154 g/mol. The topological polar surface area (TPSA) is 12.5 Å². The van der Waals surface area contributed by atoms with Gasteiger partial charge in [-0.2, -0.15) is 0 Å². The molecule has 0 amide bonds. The average molecular weight is 173 g/mol. The van der Waals surface area contributed by atoms with Crippen molar-refractivity contribution in [2.45, 2.75) is 25.6 Å². The van der Waals surface area contributed by atoms with Gasteiger partial charge in [0.25, 0.3) is 0 Å². The molecule has 0 spiro atoms. The largest absolute Gasteiger partial charge is 0.416 e. The summed E-state index contributed by atoms with van der Waals surface area (Å²) >= 11 is 0. The van der Waals surface area contributed by atoms with Crippen molar-refractivity contribution in [2.75, 3.05) is 26.7 Å². The van der Waals surface area contributed by atoms with Gasteiger partial charge in [-0.1, -0.05) is 0 Å². The van der Waals surface area contributed by atoms with Crippen LogP contribution >= 0.6 is 0 Å². The predicted octanol–water partition coefficient (Wildman–Crippen LogP) is 1.54. The van der Waals surface area contributed by atoms with E-state index in [1.54, 1.807) is 0 Å². The number of likely N-dealkylation sites (N-methyl/N-ethyl adjacent to an activating group) is 1. The van der Waals surface area contributed by atoms with Gasteiger partial charge in [0.2, 0.25) is 0 Å². The van der Waals surface area contributed by atoms with Gasteiger partial charge >= 0.3 is 0 Å². The third kappa shape index (κ3) is 3.36. The molecule has 0 saturated carbocycles. The van der Waals surface area contributed by atoms with E-state index in [0.29, 0.717) is 0 Å². The van der Waals surface area contributed by atoms with E-state index >= 15 is 0 Å². The van der Waals surface area contributed by atoms with Gasteiger partial charge in [0.15, 0.2) is 8.32 Å². The van der Waals surface area contributed by atoms with Gasteiger partial charge < -0.3 is 9.33 Å². The Hall–Kier alpha value is 0.137. The smallest absolute Gasteiger partial charge is 0.186 e. The molecule has 0 aromatic carbocycles. The summed E-state index contributed by atoms with van der Waals surface area (Å²) in [6.45, 7) is 7.93. The highest BCUT2D eigenvalue weighted by Gasteiger charge is 2.23. The Morgan fingerprint density at radius 2 is 2.00 bits per heavy atom. The van der Waals surface area contributed by atoms with E-state index in [4.69, 9.17) is 4.43 Å². The molecule has 1 aliphatic rings. The van der Waals surface area contributed by atoms with Crippen LogP contribution in [0.4, 0.5) is 0 Å². The van der Waals surface area contributed by atoms with Crippen molar-refractivity contribution in [1.29, 1.82) is 0 Å². The normalized spacial score (nSPS) is 27.5. The average Bonchev–Trinajstić information content (AvgIpc) is 1.83. The molecule has 0 bridgehead atoms. The molecule has 0 aromatic heterocycles. The third-order valence-corrected chi connectivity index (χ3v) is 4.83. The lowest BCUT2D eigenvalue weighted by Gasteiger charge is -2.29. The van der Waals surface area contributed by atoms with Crippen LogP contribution in [-0.4, -0.2) is 40.0 Å². The summed E-state index contributed by atoms with van der Waals surface area (Å²) in [5.41, 5.74) is 0. The third-order valence-electron chi connectivity index (χ3n) is 2.28. The quantitative estimate of drug-likeness (QED) is 0.515. The molecule has 0 aromatic rings. The Balaban J connectivity index is 2.35. The highest BCUT2D eigenvalue weighted by atomic mass is 28.4. The maximum atomic E-state index is 5.84. The molecule has 0 N–H and O–H groups in total. The van der Waals surface area contributed by atoms with Crippen molar-refractivity contribution in [3.05, 3.63) is 0 Å². The summed E-state index contributed by atoms with van der Waals surface area (Å²) in [6, 6.07) is 1.32. The van der Waals surface area contributed by atoms with Gasteiger partial charge in [0.05, 0.1) is 0 Å². The lowest BCUT2D eigenvalue weighted by Crippen LogP contribution is -2.38. The molecule has 3 heteroatoms. The first-order chi connectivity index (χ1) is 5.10. The highest BCUT2D eigenvalue weighted by molar-refractivity contribution is 6.71. The summed E-state index contributed by atoms with van der Waals surface area (Å²) in [4.78, 5) is 2.35. The monoisotopic (exact) mass is 173 g/mol. The summed E-state index contributed by atoms with van der Waals surface area (Å²) in [5.74, 6) is 0. The van der Waals surface area contributed by atoms with Crippen LogP contribution in [0.15, 0.2) is 0 Å². The summed E-state index contributed by atoms with van der Waals surface area (Å²) in [6.07, 6.45) is 1.32. The van der Waals surface area contributed by atoms with E-state index in [9.17, 15) is 0 Å². The molecule has 1 saturated heterocycles. The zero-order valence-corrected chi connectivity index (χ0v) is 8.89. The van der Waals surface area contributed by atoms with E-state index in [1.807, 2.05) is 0 Å². The number of rotatable bonds is 0. The number of hydrogen-bond acceptors (Lipinski definition) is 2. The molecule has 1 fully saturated rings. The fourth-order valence-corrected chi connectivity index (χ4v) is 3.23. The molecule has 0 unspecified atom stereocenters. The van der Waals surface area contributed by atoms with Crippen molar-refractivity contribution in [3.8, 4) is 0 Å². The first kappa shape index (κ1) is 9.23. The minimum atomic E-state index is -1.23. The second-order valence-corrected chi connectivity index (χ2v) is 8.32. The lowest BCUT2D eigenvalue weighted by atomic mass is 10.4. The van der Waals surface area contributed by atoms with Gasteiger partial charge in [-0.15, -0.1) is 0 Å². The molecule has 1 aliphatic heterocycles. The SMILES string of the molecule is CN1CCC[Si](C)(C)OCC1. The molecule has 11 heavy (non-hydrogen) atoms. The van der Waals surface area contributed by atoms with Crippen LogP contribution in [0.3, 0.4) is 0 Å². The van der Waals surface area contributed by atoms with Crippen LogP contribution < -0.4 is 0 Å². The van der Waals surface area contributed by atoms with Gasteiger partial charge in [0, 0.05) is 13.2 Å². The summed E-state index contributed by atoms with van der Waals surface area (Å²) in [5, 5.41) is 0. The van der Waals surface area contributed by atoms with Crippen molar-refractivity contribution in [2.24, 2.45) is 0 Å². The van der Waals surface area contributed by atoms with Gasteiger partial charge in [0.1, 0.15) is 0 Å². The predicted molar refractivity (Wildman–Crippen MR) is 50.4 cm³/mol. The van der Waals surface area contributed by atoms with Crippen molar-refractivity contribution < 1.29 is 4.43 Å². The fourth-order valence-electron chi connectivity index (χ4n) is 1.44. The molecule has 0 aliphatic carbocycles. The van der Waals surface area contributed by atoms with E-state index < -0.39 is 8.32 Å². The van der Waals surface area contributed by atoms with Crippen LogP contribution in [0.2, 0.25) is 19.1 Å². The Labute approximate surface area is 70.7 Å². The Bertz CT molecular complexity index is 115. The van der Waals surface area contributed by atoms with Crippen molar-refractivity contribution in [3.63, 3.8) is 0 Å². The standard InChI is InChI=1S/C8H19NOSi/c1-9-5-4-8-11(2,3)10-7-6-9/h4-8H2,1-3H3. The van der Waals surface area contributed by atoms with Gasteiger partial charge in [-0.25, -0.2) is 0 Å². The summed E-state index contributed by atoms with van der Waals surface area (Å²) < 4.78 is 5.84. The Morgan fingerprint density at radius 3 is 2.73 bits per heavy atom. The second kappa shape index (κ2) is 3.69. The second-order valence-electron chi connectivity index (χ2n) is 4.01. The van der Waals surface area contributed by atoms with Gasteiger partial charge in [-0.05, 0) is 39.2 Å². The van der Waals surface area contributed by atoms with E-state index in [-0.39, 0.29) is 0 Å². The van der Waals surface area contributed by atoms with Crippen LogP contribution in [0.5, 0.6) is 0 Å². The molecule has 0 atom stereocenters. The molecule has 0 radical (unpaired) electrons. The molecule has 66 valence electrons. The van der Waals surface area contributed by atoms with Crippen LogP contribution in [0.1, 0.15) is 6.42 Å². The van der Waals surface area contributed by atoms with Crippen molar-refractivity contribution in [1.82, 2.24) is 4.90 Å². The maximum absolute atomic E-state index is 5.84. The zero-order chi connectivity index (χ0) is 8.32. The lowest BCUT2D eigenvalue weighted by molar-refractivity contribution is 0.216. The number of nitrogens with zero attached hydrogens (tertiary/aromatic N) is 1. The first-order valence-electron chi connectivity index (χ1n) is 4.43. The van der Waals surface area contributed by atoms with E-state index in [1.165, 1.54) is 19.0 Å².